The third-order valence-corrected chi connectivity index (χ3v) is 6.65. The van der Waals surface area contributed by atoms with Crippen molar-refractivity contribution in [2.75, 3.05) is 20.3 Å². The van der Waals surface area contributed by atoms with E-state index in [0.29, 0.717) is 36.2 Å². The number of carbonyl (C=O) groups excluding carboxylic acids is 1. The lowest BCUT2D eigenvalue weighted by molar-refractivity contribution is 0.0948. The summed E-state index contributed by atoms with van der Waals surface area (Å²) in [5, 5.41) is 3.45. The molecule has 4 rings (SSSR count). The molecule has 1 aromatic heterocycles. The summed E-state index contributed by atoms with van der Waals surface area (Å²) in [5.41, 5.74) is 4.39. The number of carbonyl (C=O) groups is 1. The Morgan fingerprint density at radius 2 is 1.70 bits per heavy atom. The first-order valence-corrected chi connectivity index (χ1v) is 12.2. The third-order valence-electron chi connectivity index (χ3n) is 5.33. The van der Waals surface area contributed by atoms with Crippen LogP contribution in [-0.4, -0.2) is 39.9 Å². The van der Waals surface area contributed by atoms with Gasteiger partial charge in [0.2, 0.25) is 5.16 Å². The van der Waals surface area contributed by atoms with E-state index in [2.05, 4.69) is 10.3 Å². The molecule has 1 heterocycles. The molecule has 3 aromatic carbocycles. The Morgan fingerprint density at radius 3 is 2.45 bits per heavy atom. The van der Waals surface area contributed by atoms with E-state index in [4.69, 9.17) is 4.74 Å². The van der Waals surface area contributed by atoms with Crippen LogP contribution in [0.3, 0.4) is 0 Å². The molecule has 0 aliphatic heterocycles. The first-order valence-electron chi connectivity index (χ1n) is 10.9. The summed E-state index contributed by atoms with van der Waals surface area (Å²) in [6, 6.07) is 25.1. The maximum Gasteiger partial charge on any atom is 0.251 e. The monoisotopic (exact) mass is 461 g/mol. The van der Waals surface area contributed by atoms with Gasteiger partial charge in [0, 0.05) is 25.8 Å². The second kappa shape index (κ2) is 11.0. The highest BCUT2D eigenvalue weighted by Gasteiger charge is 2.17. The van der Waals surface area contributed by atoms with Gasteiger partial charge in [-0.25, -0.2) is 4.98 Å². The van der Waals surface area contributed by atoms with Crippen LogP contribution < -0.4 is 5.32 Å². The van der Waals surface area contributed by atoms with Crippen LogP contribution in [0.4, 0.5) is 0 Å². The second-order valence-corrected chi connectivity index (χ2v) is 9.09. The number of amides is 1. The molecule has 170 valence electrons. The molecule has 0 saturated heterocycles. The van der Waals surface area contributed by atoms with E-state index in [-0.39, 0.29) is 5.91 Å². The number of benzene rings is 3. The van der Waals surface area contributed by atoms with Gasteiger partial charge < -0.3 is 14.6 Å². The molecule has 0 spiro atoms. The molecule has 1 unspecified atom stereocenters. The van der Waals surface area contributed by atoms with E-state index in [9.17, 15) is 9.00 Å². The SMILES string of the molecule is COCCCNC(=O)c1ccc(Cn2c(S(=O)Cc3ccccc3)nc3ccccc32)cc1. The maximum atomic E-state index is 13.3. The molecule has 0 saturated carbocycles. The largest absolute Gasteiger partial charge is 0.385 e. The number of ether oxygens (including phenoxy) is 1. The fourth-order valence-corrected chi connectivity index (χ4v) is 4.87. The van der Waals surface area contributed by atoms with Gasteiger partial charge in [-0.2, -0.15) is 0 Å². The van der Waals surface area contributed by atoms with Crippen LogP contribution >= 0.6 is 0 Å². The van der Waals surface area contributed by atoms with Crippen LogP contribution in [0.1, 0.15) is 27.9 Å². The van der Waals surface area contributed by atoms with Crippen LogP contribution in [0.25, 0.3) is 11.0 Å². The van der Waals surface area contributed by atoms with Gasteiger partial charge in [0.15, 0.2) is 0 Å². The molecule has 0 radical (unpaired) electrons. The smallest absolute Gasteiger partial charge is 0.251 e. The quantitative estimate of drug-likeness (QED) is 0.360. The Bertz CT molecular complexity index is 1240. The fraction of sp³-hybridized carbons (Fsp3) is 0.231. The number of methoxy groups -OCH3 is 1. The van der Waals surface area contributed by atoms with E-state index >= 15 is 0 Å². The van der Waals surface area contributed by atoms with Gasteiger partial charge in [0.25, 0.3) is 5.91 Å². The molecule has 4 aromatic rings. The summed E-state index contributed by atoms with van der Waals surface area (Å²) in [4.78, 5) is 17.0. The minimum atomic E-state index is -1.29. The van der Waals surface area contributed by atoms with Crippen molar-refractivity contribution in [2.45, 2.75) is 23.9 Å². The number of para-hydroxylation sites is 2. The summed E-state index contributed by atoms with van der Waals surface area (Å²) in [5.74, 6) is 0.308. The minimum absolute atomic E-state index is 0.101. The van der Waals surface area contributed by atoms with E-state index in [1.807, 2.05) is 83.4 Å². The number of nitrogens with zero attached hydrogens (tertiary/aromatic N) is 2. The Morgan fingerprint density at radius 1 is 0.970 bits per heavy atom. The van der Waals surface area contributed by atoms with Crippen molar-refractivity contribution >= 4 is 27.7 Å². The molecular weight excluding hydrogens is 434 g/mol. The first-order chi connectivity index (χ1) is 16.2. The van der Waals surface area contributed by atoms with Gasteiger partial charge in [-0.05, 0) is 41.8 Å². The Balaban J connectivity index is 1.54. The van der Waals surface area contributed by atoms with Gasteiger partial charge in [0.1, 0.15) is 0 Å². The molecule has 1 amide bonds. The predicted octanol–water partition coefficient (Wildman–Crippen LogP) is 4.16. The molecule has 1 atom stereocenters. The lowest BCUT2D eigenvalue weighted by Gasteiger charge is -2.10. The van der Waals surface area contributed by atoms with E-state index in [1.165, 1.54) is 0 Å². The standard InChI is InChI=1S/C26H27N3O3S/c1-32-17-7-16-27-25(30)22-14-12-20(13-15-22)18-29-24-11-6-5-10-23(24)28-26(29)33(31)19-21-8-3-2-4-9-21/h2-6,8-15H,7,16-19H2,1H3,(H,27,30). The highest BCUT2D eigenvalue weighted by molar-refractivity contribution is 7.84. The van der Waals surface area contributed by atoms with Gasteiger partial charge in [-0.15, -0.1) is 0 Å². The molecule has 0 aliphatic rings. The summed E-state index contributed by atoms with van der Waals surface area (Å²) >= 11 is 0. The van der Waals surface area contributed by atoms with Crippen LogP contribution in [-0.2, 0) is 27.8 Å². The number of nitrogens with one attached hydrogen (secondary N) is 1. The minimum Gasteiger partial charge on any atom is -0.385 e. The number of rotatable bonds is 10. The predicted molar refractivity (Wildman–Crippen MR) is 131 cm³/mol. The Hall–Kier alpha value is -3.29. The zero-order chi connectivity index (χ0) is 23.0. The van der Waals surface area contributed by atoms with E-state index < -0.39 is 10.8 Å². The van der Waals surface area contributed by atoms with Crippen molar-refractivity contribution in [1.29, 1.82) is 0 Å². The average Bonchev–Trinajstić information content (AvgIpc) is 3.21. The van der Waals surface area contributed by atoms with Gasteiger partial charge in [-0.3, -0.25) is 9.00 Å². The summed E-state index contributed by atoms with van der Waals surface area (Å²) in [7, 11) is 0.353. The van der Waals surface area contributed by atoms with Crippen molar-refractivity contribution in [3.05, 3.63) is 95.6 Å². The highest BCUT2D eigenvalue weighted by Crippen LogP contribution is 2.22. The topological polar surface area (TPSA) is 73.2 Å². The number of fused-ring (bicyclic) bond motifs is 1. The lowest BCUT2D eigenvalue weighted by atomic mass is 10.1. The molecule has 0 bridgehead atoms. The molecule has 7 heteroatoms. The number of hydrogen-bond donors (Lipinski definition) is 1. The van der Waals surface area contributed by atoms with Crippen LogP contribution in [0.15, 0.2) is 84.0 Å². The molecule has 0 fully saturated rings. The number of imidazole rings is 1. The van der Waals surface area contributed by atoms with Crippen LogP contribution in [0.2, 0.25) is 0 Å². The Labute approximate surface area is 196 Å². The Kier molecular flexibility index (Phi) is 7.65. The van der Waals surface area contributed by atoms with Gasteiger partial charge >= 0.3 is 0 Å². The number of aromatic nitrogens is 2. The fourth-order valence-electron chi connectivity index (χ4n) is 3.63. The van der Waals surface area contributed by atoms with E-state index in [1.54, 1.807) is 7.11 Å². The maximum absolute atomic E-state index is 13.3. The molecule has 1 N–H and O–H groups in total. The molecule has 0 aliphatic carbocycles. The van der Waals surface area contributed by atoms with Gasteiger partial charge in [0.05, 0.1) is 34.1 Å². The van der Waals surface area contributed by atoms with E-state index in [0.717, 1.165) is 28.6 Å². The second-order valence-electron chi connectivity index (χ2n) is 7.74. The first kappa shape index (κ1) is 22.9. The third kappa shape index (κ3) is 5.74. The van der Waals surface area contributed by atoms with Crippen molar-refractivity contribution in [3.63, 3.8) is 0 Å². The molecule has 33 heavy (non-hydrogen) atoms. The summed E-state index contributed by atoms with van der Waals surface area (Å²) in [6.07, 6.45) is 0.775. The van der Waals surface area contributed by atoms with Crippen molar-refractivity contribution in [2.24, 2.45) is 0 Å². The zero-order valence-electron chi connectivity index (χ0n) is 18.6. The summed E-state index contributed by atoms with van der Waals surface area (Å²) in [6.45, 7) is 1.71. The molecular formula is C26H27N3O3S. The number of hydrogen-bond acceptors (Lipinski definition) is 4. The molecule has 6 nitrogen and oxygen atoms in total. The van der Waals surface area contributed by atoms with Crippen molar-refractivity contribution in [3.8, 4) is 0 Å². The summed E-state index contributed by atoms with van der Waals surface area (Å²) < 4.78 is 20.3. The highest BCUT2D eigenvalue weighted by atomic mass is 32.2. The van der Waals surface area contributed by atoms with Crippen molar-refractivity contribution in [1.82, 2.24) is 14.9 Å². The normalized spacial score (nSPS) is 12.0. The van der Waals surface area contributed by atoms with Crippen LogP contribution in [0, 0.1) is 0 Å². The zero-order valence-corrected chi connectivity index (χ0v) is 19.4. The van der Waals surface area contributed by atoms with Crippen molar-refractivity contribution < 1.29 is 13.7 Å². The van der Waals surface area contributed by atoms with Gasteiger partial charge in [-0.1, -0.05) is 54.6 Å². The van der Waals surface area contributed by atoms with Crippen LogP contribution in [0.5, 0.6) is 0 Å². The average molecular weight is 462 g/mol. The lowest BCUT2D eigenvalue weighted by Crippen LogP contribution is -2.25.